The minimum Gasteiger partial charge on any atom is -0.372 e. The van der Waals surface area contributed by atoms with Gasteiger partial charge in [-0.25, -0.2) is 22.2 Å². The average molecular weight is 532 g/mol. The third-order valence-corrected chi connectivity index (χ3v) is 6.49. The zero-order valence-electron chi connectivity index (χ0n) is 18.7. The number of aromatic nitrogens is 1. The third kappa shape index (κ3) is 6.69. The molecule has 0 saturated heterocycles. The molecule has 3 rings (SSSR count). The fourth-order valence-corrected chi connectivity index (χ4v) is 4.44. The Balaban J connectivity index is 0.00000408. The molecule has 7 nitrogen and oxygen atoms in total. The summed E-state index contributed by atoms with van der Waals surface area (Å²) in [6.45, 7) is 3.47. The highest BCUT2D eigenvalue weighted by Gasteiger charge is 2.22. The van der Waals surface area contributed by atoms with Gasteiger partial charge in [-0.1, -0.05) is 17.7 Å². The Morgan fingerprint density at radius 1 is 1.09 bits per heavy atom. The number of anilines is 4. The highest BCUT2D eigenvalue weighted by molar-refractivity contribution is 7.92. The molecule has 0 fully saturated rings. The van der Waals surface area contributed by atoms with Crippen molar-refractivity contribution < 1.29 is 17.2 Å². The summed E-state index contributed by atoms with van der Waals surface area (Å²) in [6, 6.07) is 9.94. The molecule has 184 valence electrons. The number of rotatable bonds is 9. The molecule has 1 heterocycles. The topological polar surface area (TPSA) is 86.4 Å². The van der Waals surface area contributed by atoms with Gasteiger partial charge >= 0.3 is 0 Å². The summed E-state index contributed by atoms with van der Waals surface area (Å²) in [5.41, 5.74) is 2.82. The fourth-order valence-electron chi connectivity index (χ4n) is 3.07. The molecular weight excluding hydrogens is 507 g/mol. The monoisotopic (exact) mass is 531 g/mol. The van der Waals surface area contributed by atoms with Crippen molar-refractivity contribution in [3.05, 3.63) is 70.9 Å². The van der Waals surface area contributed by atoms with Gasteiger partial charge < -0.3 is 15.5 Å². The van der Waals surface area contributed by atoms with Crippen LogP contribution in [-0.2, 0) is 10.0 Å². The van der Waals surface area contributed by atoms with Crippen molar-refractivity contribution in [1.82, 2.24) is 10.3 Å². The predicted molar refractivity (Wildman–Crippen MR) is 135 cm³/mol. The maximum Gasteiger partial charge on any atom is 0.266 e. The van der Waals surface area contributed by atoms with E-state index in [2.05, 4.69) is 20.3 Å². The van der Waals surface area contributed by atoms with Gasteiger partial charge in [-0.05, 0) is 49.9 Å². The summed E-state index contributed by atoms with van der Waals surface area (Å²) in [5, 5.41) is 6.20. The van der Waals surface area contributed by atoms with Crippen LogP contribution in [0.15, 0.2) is 53.6 Å². The van der Waals surface area contributed by atoms with E-state index in [1.54, 1.807) is 0 Å². The lowest BCUT2D eigenvalue weighted by Gasteiger charge is -2.24. The van der Waals surface area contributed by atoms with Crippen molar-refractivity contribution in [2.75, 3.05) is 42.1 Å². The fraction of sp³-hybridized carbons (Fsp3) is 0.227. The molecule has 2 aromatic carbocycles. The SMILES string of the molecule is CNCCN(C)c1cc(C)ccc1Nc1cc(F)c(S(=O)(=O)Nc2ccc(F)cn2)cc1Cl.Cl. The molecule has 0 bridgehead atoms. The van der Waals surface area contributed by atoms with Gasteiger partial charge in [0.25, 0.3) is 10.0 Å². The molecule has 0 aliphatic carbocycles. The zero-order valence-corrected chi connectivity index (χ0v) is 21.1. The number of nitrogens with one attached hydrogen (secondary N) is 3. The minimum atomic E-state index is -4.34. The summed E-state index contributed by atoms with van der Waals surface area (Å²) in [4.78, 5) is 5.01. The first-order valence-electron chi connectivity index (χ1n) is 9.97. The van der Waals surface area contributed by atoms with Crippen molar-refractivity contribution in [3.63, 3.8) is 0 Å². The highest BCUT2D eigenvalue weighted by atomic mass is 35.5. The molecule has 0 aliphatic rings. The predicted octanol–water partition coefficient (Wildman–Crippen LogP) is 4.94. The van der Waals surface area contributed by atoms with E-state index in [0.29, 0.717) is 5.69 Å². The van der Waals surface area contributed by atoms with Gasteiger partial charge in [0.15, 0.2) is 0 Å². The highest BCUT2D eigenvalue weighted by Crippen LogP contribution is 2.35. The van der Waals surface area contributed by atoms with Crippen molar-refractivity contribution in [1.29, 1.82) is 0 Å². The number of likely N-dealkylation sites (N-methyl/N-ethyl adjacent to an activating group) is 2. The van der Waals surface area contributed by atoms with Gasteiger partial charge in [-0.3, -0.25) is 4.72 Å². The number of benzene rings is 2. The Morgan fingerprint density at radius 3 is 2.47 bits per heavy atom. The van der Waals surface area contributed by atoms with Crippen molar-refractivity contribution in [2.24, 2.45) is 0 Å². The van der Waals surface area contributed by atoms with Crippen LogP contribution in [0.5, 0.6) is 0 Å². The Labute approximate surface area is 209 Å². The van der Waals surface area contributed by atoms with Gasteiger partial charge in [0.05, 0.1) is 28.3 Å². The third-order valence-electron chi connectivity index (χ3n) is 4.81. The Morgan fingerprint density at radius 2 is 1.82 bits per heavy atom. The van der Waals surface area contributed by atoms with E-state index in [1.807, 2.05) is 44.1 Å². The van der Waals surface area contributed by atoms with Gasteiger partial charge in [0, 0.05) is 26.2 Å². The first-order chi connectivity index (χ1) is 15.6. The standard InChI is InChI=1S/C22H24ClF2N5O2S.ClH/c1-14-4-6-18(20(10-14)30(3)9-8-26-2)28-19-12-17(25)21(11-16(19)23)33(31,32)29-22-7-5-15(24)13-27-22;/h4-7,10-13,26,28H,8-9H2,1-3H3,(H,27,29);1H. The van der Waals surface area contributed by atoms with Crippen LogP contribution >= 0.6 is 24.0 Å². The molecule has 12 heteroatoms. The van der Waals surface area contributed by atoms with Crippen LogP contribution in [-0.4, -0.2) is 40.6 Å². The average Bonchev–Trinajstić information content (AvgIpc) is 2.76. The lowest BCUT2D eigenvalue weighted by atomic mass is 10.1. The molecule has 0 amide bonds. The van der Waals surface area contributed by atoms with E-state index in [1.165, 1.54) is 0 Å². The molecule has 3 N–H and O–H groups in total. The van der Waals surface area contributed by atoms with Crippen molar-refractivity contribution in [3.8, 4) is 0 Å². The molecular formula is C22H25Cl2F2N5O2S. The number of sulfonamides is 1. The molecule has 0 spiro atoms. The summed E-state index contributed by atoms with van der Waals surface area (Å²) < 4.78 is 55.3. The Bertz CT molecular complexity index is 1240. The van der Waals surface area contributed by atoms with Crippen LogP contribution in [0.2, 0.25) is 5.02 Å². The first-order valence-corrected chi connectivity index (χ1v) is 11.8. The molecule has 3 aromatic rings. The maximum atomic E-state index is 14.9. The molecule has 0 aliphatic heterocycles. The normalized spacial score (nSPS) is 11.0. The van der Waals surface area contributed by atoms with Gasteiger partial charge in [-0.2, -0.15) is 0 Å². The summed E-state index contributed by atoms with van der Waals surface area (Å²) in [6.07, 6.45) is 0.848. The summed E-state index contributed by atoms with van der Waals surface area (Å²) in [5.74, 6) is -1.79. The van der Waals surface area contributed by atoms with Crippen LogP contribution in [0.25, 0.3) is 0 Å². The van der Waals surface area contributed by atoms with Gasteiger partial charge in [0.2, 0.25) is 0 Å². The number of hydrogen-bond donors (Lipinski definition) is 3. The molecule has 0 radical (unpaired) electrons. The van der Waals surface area contributed by atoms with E-state index in [0.717, 1.165) is 54.8 Å². The Hall–Kier alpha value is -2.66. The van der Waals surface area contributed by atoms with Gasteiger partial charge in [-0.15, -0.1) is 12.4 Å². The van der Waals surface area contributed by atoms with Crippen LogP contribution < -0.4 is 20.3 Å². The first kappa shape index (κ1) is 27.6. The van der Waals surface area contributed by atoms with Crippen LogP contribution in [0.1, 0.15) is 5.56 Å². The largest absolute Gasteiger partial charge is 0.372 e. The molecule has 0 atom stereocenters. The van der Waals surface area contributed by atoms with Crippen LogP contribution in [0.3, 0.4) is 0 Å². The molecule has 0 unspecified atom stereocenters. The molecule has 0 saturated carbocycles. The second-order valence-corrected chi connectivity index (χ2v) is 9.46. The Kier molecular flexibility index (Phi) is 9.45. The van der Waals surface area contributed by atoms with E-state index in [9.17, 15) is 17.2 Å². The molecule has 34 heavy (non-hydrogen) atoms. The lowest BCUT2D eigenvalue weighted by Crippen LogP contribution is -2.27. The summed E-state index contributed by atoms with van der Waals surface area (Å²) in [7, 11) is -0.545. The second kappa shape index (κ2) is 11.7. The van der Waals surface area contributed by atoms with E-state index >= 15 is 0 Å². The van der Waals surface area contributed by atoms with Crippen LogP contribution in [0.4, 0.5) is 31.7 Å². The lowest BCUT2D eigenvalue weighted by molar-refractivity contribution is 0.570. The van der Waals surface area contributed by atoms with Crippen molar-refractivity contribution >= 4 is 56.9 Å². The number of halogens is 4. The maximum absolute atomic E-state index is 14.9. The molecule has 1 aromatic heterocycles. The number of hydrogen-bond acceptors (Lipinski definition) is 6. The minimum absolute atomic E-state index is 0. The van der Waals surface area contributed by atoms with Crippen LogP contribution in [0, 0.1) is 18.6 Å². The number of aryl methyl sites for hydroxylation is 1. The van der Waals surface area contributed by atoms with E-state index in [4.69, 9.17) is 11.6 Å². The van der Waals surface area contributed by atoms with Gasteiger partial charge in [0.1, 0.15) is 22.3 Å². The van der Waals surface area contributed by atoms with E-state index in [-0.39, 0.29) is 28.9 Å². The second-order valence-electron chi connectivity index (χ2n) is 7.40. The smallest absolute Gasteiger partial charge is 0.266 e. The number of nitrogens with zero attached hydrogens (tertiary/aromatic N) is 2. The van der Waals surface area contributed by atoms with Crippen molar-refractivity contribution in [2.45, 2.75) is 11.8 Å². The zero-order chi connectivity index (χ0) is 24.2. The van der Waals surface area contributed by atoms with E-state index < -0.39 is 26.6 Å². The summed E-state index contributed by atoms with van der Waals surface area (Å²) >= 11 is 6.32. The number of pyridine rings is 1. The quantitative estimate of drug-likeness (QED) is 0.362.